The lowest BCUT2D eigenvalue weighted by atomic mass is 9.82. The highest BCUT2D eigenvalue weighted by Gasteiger charge is 2.66. The van der Waals surface area contributed by atoms with Gasteiger partial charge in [0.15, 0.2) is 11.8 Å². The molecule has 4 aromatic rings. The molecule has 1 N–H and O–H groups in total. The molecule has 1 spiro atoms. The maximum atomic E-state index is 15.3. The topological polar surface area (TPSA) is 126 Å². The van der Waals surface area contributed by atoms with Crippen LogP contribution in [0.5, 0.6) is 5.75 Å². The first-order chi connectivity index (χ1) is 27.8. The fraction of sp³-hybridized carbons (Fsp3) is 0.378. The number of aliphatic hydroxyl groups is 1. The quantitative estimate of drug-likeness (QED) is 0.114. The first-order valence-corrected chi connectivity index (χ1v) is 23.6. The van der Waals surface area contributed by atoms with Crippen LogP contribution in [0, 0.1) is 5.92 Å². The highest BCUT2D eigenvalue weighted by Crippen LogP contribution is 2.60. The number of anilines is 2. The van der Waals surface area contributed by atoms with Crippen LogP contribution < -0.4 is 19.7 Å². The molecule has 58 heavy (non-hydrogen) atoms. The SMILES string of the molecule is COc1ccc([Si](C)(C)[C@H]2[C@H](CC(=O)N3Cc4ccccc4C[C@H]3CO)O[C@@]3(C(=O)N(Cc4ccc(N5C(=O)CC5OC(C)=O)cc4)c4ccc(Br)cc43)[C@@H]2C)cc1. The number of halogens is 1. The first kappa shape index (κ1) is 40.0. The minimum absolute atomic E-state index is 0.0592. The predicted molar refractivity (Wildman–Crippen MR) is 225 cm³/mol. The molecule has 4 aromatic carbocycles. The van der Waals surface area contributed by atoms with Crippen LogP contribution in [0.25, 0.3) is 0 Å². The fourth-order valence-electron chi connectivity index (χ4n) is 9.90. The summed E-state index contributed by atoms with van der Waals surface area (Å²) in [6.45, 7) is 8.49. The van der Waals surface area contributed by atoms with Gasteiger partial charge in [0.05, 0.1) is 59.0 Å². The van der Waals surface area contributed by atoms with Crippen LogP contribution in [0.4, 0.5) is 11.4 Å². The first-order valence-electron chi connectivity index (χ1n) is 19.8. The minimum atomic E-state index is -2.55. The van der Waals surface area contributed by atoms with E-state index < -0.39 is 32.0 Å². The summed E-state index contributed by atoms with van der Waals surface area (Å²) in [6.07, 6.45) is -0.478. The lowest BCUT2D eigenvalue weighted by molar-refractivity contribution is -0.154. The highest BCUT2D eigenvalue weighted by atomic mass is 79.9. The van der Waals surface area contributed by atoms with Crippen molar-refractivity contribution < 1.29 is 38.5 Å². The van der Waals surface area contributed by atoms with Crippen LogP contribution in [-0.4, -0.2) is 73.9 Å². The number of methoxy groups -OCH3 is 1. The average Bonchev–Trinajstić information content (AvgIpc) is 3.63. The fourth-order valence-corrected chi connectivity index (χ4v) is 14.3. The van der Waals surface area contributed by atoms with Crippen LogP contribution in [-0.2, 0) is 53.8 Å². The van der Waals surface area contributed by atoms with E-state index in [2.05, 4.69) is 54.1 Å². The third kappa shape index (κ3) is 6.75. The van der Waals surface area contributed by atoms with Gasteiger partial charge < -0.3 is 29.1 Å². The van der Waals surface area contributed by atoms with Crippen molar-refractivity contribution in [2.75, 3.05) is 23.5 Å². The number of carbonyl (C=O) groups excluding carboxylic acids is 4. The van der Waals surface area contributed by atoms with Gasteiger partial charge in [-0.15, -0.1) is 0 Å². The van der Waals surface area contributed by atoms with Gasteiger partial charge in [-0.05, 0) is 71.1 Å². The summed E-state index contributed by atoms with van der Waals surface area (Å²) in [5.41, 5.74) is 3.59. The highest BCUT2D eigenvalue weighted by molar-refractivity contribution is 9.10. The summed E-state index contributed by atoms with van der Waals surface area (Å²) in [4.78, 5) is 59.1. The standard InChI is InChI=1S/C45H48BrN3O8Si/c1-27-43(58(4,5)36-17-15-35(55-3)16-18-36)39(22-40(52)47-25-31-9-7-6-8-30(31)20-34(47)26-50)57-45(27)37-21-32(46)12-19-38(37)48(44(45)54)24-29-10-13-33(14-11-29)49-41(53)23-42(49)56-28(2)51/h6-19,21,27,34,39,42-43,50H,20,22-26H2,1-5H3/t27-,34+,39+,42?,43-,45+/m1/s1. The number of benzene rings is 4. The van der Waals surface area contributed by atoms with Crippen LogP contribution in [0.3, 0.4) is 0 Å². The molecule has 4 heterocycles. The van der Waals surface area contributed by atoms with Crippen molar-refractivity contribution in [2.45, 2.75) is 88.8 Å². The Kier molecular flexibility index (Phi) is 10.6. The summed E-state index contributed by atoms with van der Waals surface area (Å²) >= 11 is 3.68. The summed E-state index contributed by atoms with van der Waals surface area (Å²) < 4.78 is 18.9. The lowest BCUT2D eigenvalue weighted by Gasteiger charge is -2.39. The molecule has 11 nitrogen and oxygen atoms in total. The molecular weight excluding hydrogens is 818 g/mol. The Hall–Kier alpha value is -4.82. The number of hydrogen-bond acceptors (Lipinski definition) is 8. The third-order valence-corrected chi connectivity index (χ3v) is 17.7. The Balaban J connectivity index is 1.14. The van der Waals surface area contributed by atoms with Gasteiger partial charge in [-0.1, -0.05) is 89.7 Å². The largest absolute Gasteiger partial charge is 0.497 e. The van der Waals surface area contributed by atoms with Crippen molar-refractivity contribution in [3.8, 4) is 5.75 Å². The van der Waals surface area contributed by atoms with Gasteiger partial charge in [0.2, 0.25) is 11.8 Å². The van der Waals surface area contributed by atoms with Crippen LogP contribution in [0.15, 0.2) is 95.5 Å². The molecule has 0 bridgehead atoms. The molecule has 4 aliphatic rings. The van der Waals surface area contributed by atoms with Crippen molar-refractivity contribution >= 4 is 64.3 Å². The molecule has 0 radical (unpaired) electrons. The number of ether oxygens (including phenoxy) is 3. The number of nitrogens with zero attached hydrogens (tertiary/aromatic N) is 3. The molecule has 3 amide bonds. The summed E-state index contributed by atoms with van der Waals surface area (Å²) in [7, 11) is -0.902. The number of carbonyl (C=O) groups is 4. The van der Waals surface area contributed by atoms with Gasteiger partial charge in [-0.25, -0.2) is 0 Å². The van der Waals surface area contributed by atoms with E-state index in [4.69, 9.17) is 14.2 Å². The third-order valence-electron chi connectivity index (χ3n) is 12.8. The average molecular weight is 867 g/mol. The smallest absolute Gasteiger partial charge is 0.304 e. The Morgan fingerprint density at radius 2 is 1.67 bits per heavy atom. The maximum absolute atomic E-state index is 15.3. The molecule has 6 atom stereocenters. The summed E-state index contributed by atoms with van der Waals surface area (Å²) in [5, 5.41) is 11.7. The van der Waals surface area contributed by atoms with E-state index in [1.807, 2.05) is 60.7 Å². The van der Waals surface area contributed by atoms with E-state index in [0.29, 0.717) is 18.7 Å². The normalized spacial score (nSPS) is 25.1. The molecule has 302 valence electrons. The number of fused-ring (bicyclic) bond motifs is 3. The van der Waals surface area contributed by atoms with Gasteiger partial charge in [0, 0.05) is 35.1 Å². The molecule has 8 rings (SSSR count). The summed E-state index contributed by atoms with van der Waals surface area (Å²) in [6, 6.07) is 29.0. The maximum Gasteiger partial charge on any atom is 0.304 e. The zero-order chi connectivity index (χ0) is 41.1. The molecular formula is C45H48BrN3O8Si. The lowest BCUT2D eigenvalue weighted by Crippen LogP contribution is -2.54. The second-order valence-corrected chi connectivity index (χ2v) is 22.0. The van der Waals surface area contributed by atoms with E-state index in [9.17, 15) is 19.5 Å². The molecule has 1 unspecified atom stereocenters. The summed E-state index contributed by atoms with van der Waals surface area (Å²) in [5.74, 6) is -0.464. The molecule has 0 saturated carbocycles. The number of rotatable bonds is 10. The number of esters is 1. The van der Waals surface area contributed by atoms with Crippen molar-refractivity contribution in [3.05, 3.63) is 118 Å². The Morgan fingerprint density at radius 1 is 0.966 bits per heavy atom. The number of aliphatic hydroxyl groups excluding tert-OH is 1. The van der Waals surface area contributed by atoms with E-state index in [1.54, 1.807) is 29.0 Å². The molecule has 13 heteroatoms. The van der Waals surface area contributed by atoms with E-state index in [-0.39, 0.29) is 61.2 Å². The molecule has 4 aliphatic heterocycles. The zero-order valence-electron chi connectivity index (χ0n) is 33.3. The molecule has 2 fully saturated rings. The van der Waals surface area contributed by atoms with Crippen LogP contribution >= 0.6 is 15.9 Å². The van der Waals surface area contributed by atoms with Gasteiger partial charge in [0.1, 0.15) is 5.75 Å². The second-order valence-electron chi connectivity index (χ2n) is 16.4. The Labute approximate surface area is 348 Å². The van der Waals surface area contributed by atoms with Crippen molar-refractivity contribution in [2.24, 2.45) is 5.92 Å². The van der Waals surface area contributed by atoms with Crippen molar-refractivity contribution in [1.29, 1.82) is 0 Å². The number of hydrogen-bond donors (Lipinski definition) is 1. The van der Waals surface area contributed by atoms with Gasteiger partial charge in [-0.3, -0.25) is 24.1 Å². The van der Waals surface area contributed by atoms with Gasteiger partial charge >= 0.3 is 5.97 Å². The molecule has 2 saturated heterocycles. The van der Waals surface area contributed by atoms with Crippen LogP contribution in [0.1, 0.15) is 48.9 Å². The Bertz CT molecular complexity index is 2270. The predicted octanol–water partition coefficient (Wildman–Crippen LogP) is 6.18. The monoisotopic (exact) mass is 865 g/mol. The van der Waals surface area contributed by atoms with Gasteiger partial charge in [0.25, 0.3) is 5.91 Å². The molecule has 0 aliphatic carbocycles. The van der Waals surface area contributed by atoms with Crippen molar-refractivity contribution in [1.82, 2.24) is 4.90 Å². The molecule has 0 aromatic heterocycles. The van der Waals surface area contributed by atoms with Crippen molar-refractivity contribution in [3.63, 3.8) is 0 Å². The van der Waals surface area contributed by atoms with E-state index >= 15 is 4.79 Å². The number of β-lactam (4-membered cyclic amide) rings is 1. The number of amides is 3. The van der Waals surface area contributed by atoms with Gasteiger partial charge in [-0.2, -0.15) is 0 Å². The minimum Gasteiger partial charge on any atom is -0.497 e. The Morgan fingerprint density at radius 3 is 2.33 bits per heavy atom. The van der Waals surface area contributed by atoms with E-state index in [0.717, 1.165) is 43.4 Å². The van der Waals surface area contributed by atoms with E-state index in [1.165, 1.54) is 11.8 Å². The van der Waals surface area contributed by atoms with Crippen LogP contribution in [0.2, 0.25) is 18.6 Å². The zero-order valence-corrected chi connectivity index (χ0v) is 35.9. The second kappa shape index (κ2) is 15.4.